The molecule has 0 aliphatic rings. The van der Waals surface area contributed by atoms with Crippen LogP contribution in [0.15, 0.2) is 0 Å². The van der Waals surface area contributed by atoms with Gasteiger partial charge in [-0.3, -0.25) is 0 Å². The Labute approximate surface area is 91.0 Å². The zero-order valence-corrected chi connectivity index (χ0v) is 9.25. The first-order valence-corrected chi connectivity index (χ1v) is 5.22. The Hall–Kier alpha value is -0.420. The lowest BCUT2D eigenvalue weighted by molar-refractivity contribution is -0.288. The fraction of sp³-hybridized carbons (Fsp3) is 1.00. The van der Waals surface area contributed by atoms with E-state index in [1.165, 1.54) is 6.92 Å². The van der Waals surface area contributed by atoms with E-state index < -0.39 is 30.6 Å². The van der Waals surface area contributed by atoms with E-state index in [1.54, 1.807) is 0 Å². The van der Waals surface area contributed by atoms with Crippen molar-refractivity contribution < 1.29 is 26.3 Å². The van der Waals surface area contributed by atoms with Gasteiger partial charge in [-0.1, -0.05) is 33.1 Å². The van der Waals surface area contributed by atoms with Crippen molar-refractivity contribution in [2.75, 3.05) is 0 Å². The zero-order valence-electron chi connectivity index (χ0n) is 9.25. The summed E-state index contributed by atoms with van der Waals surface area (Å²) in [6.07, 6.45) is -9.43. The van der Waals surface area contributed by atoms with Crippen molar-refractivity contribution in [3.63, 3.8) is 0 Å². The predicted molar refractivity (Wildman–Crippen MR) is 48.9 cm³/mol. The quantitative estimate of drug-likeness (QED) is 0.606. The third-order valence-corrected chi connectivity index (χ3v) is 2.48. The molecule has 0 aromatic heterocycles. The van der Waals surface area contributed by atoms with Crippen LogP contribution in [-0.4, -0.2) is 12.4 Å². The third kappa shape index (κ3) is 5.61. The molecule has 0 aromatic rings. The average molecular weight is 250 g/mol. The maximum absolute atomic E-state index is 12.2. The summed E-state index contributed by atoms with van der Waals surface area (Å²) in [5.74, 6) is -3.75. The summed E-state index contributed by atoms with van der Waals surface area (Å²) in [4.78, 5) is 0. The molecule has 0 aliphatic heterocycles. The summed E-state index contributed by atoms with van der Waals surface area (Å²) in [7, 11) is 0. The van der Waals surface area contributed by atoms with E-state index in [-0.39, 0.29) is 0 Å². The molecular formula is C10H16F6. The molecule has 0 nitrogen and oxygen atoms in total. The molecule has 0 amide bonds. The molecule has 0 saturated heterocycles. The van der Waals surface area contributed by atoms with Crippen molar-refractivity contribution in [3.05, 3.63) is 0 Å². The number of alkyl halides is 6. The summed E-state index contributed by atoms with van der Waals surface area (Å²) in [5.41, 5.74) is 0. The largest absolute Gasteiger partial charge is 0.400 e. The molecule has 0 heterocycles. The standard InChI is InChI=1S/C10H16F6/c1-3-4-5-7(2)6-8(9(11,12)13)10(14,15)16/h7-8H,3-6H2,1-2H3. The van der Waals surface area contributed by atoms with Crippen molar-refractivity contribution in [2.45, 2.75) is 51.9 Å². The van der Waals surface area contributed by atoms with Gasteiger partial charge >= 0.3 is 12.4 Å². The van der Waals surface area contributed by atoms with E-state index >= 15 is 0 Å². The first kappa shape index (κ1) is 15.6. The minimum Gasteiger partial charge on any atom is -0.170 e. The number of hydrogen-bond donors (Lipinski definition) is 0. The molecule has 0 aromatic carbocycles. The Morgan fingerprint density at radius 3 is 1.69 bits per heavy atom. The van der Waals surface area contributed by atoms with Crippen molar-refractivity contribution in [2.24, 2.45) is 11.8 Å². The summed E-state index contributed by atoms with van der Waals surface area (Å²) in [6.45, 7) is 3.28. The zero-order chi connectivity index (χ0) is 13.0. The van der Waals surface area contributed by atoms with E-state index in [2.05, 4.69) is 0 Å². The van der Waals surface area contributed by atoms with Crippen molar-refractivity contribution in [1.29, 1.82) is 0 Å². The second-order valence-corrected chi connectivity index (χ2v) is 4.12. The third-order valence-electron chi connectivity index (χ3n) is 2.48. The number of unbranched alkanes of at least 4 members (excludes halogenated alkanes) is 1. The van der Waals surface area contributed by atoms with Crippen LogP contribution in [0.2, 0.25) is 0 Å². The summed E-state index contributed by atoms with van der Waals surface area (Å²) in [6, 6.07) is 0. The van der Waals surface area contributed by atoms with E-state index in [1.807, 2.05) is 6.92 Å². The Morgan fingerprint density at radius 2 is 1.38 bits per heavy atom. The highest BCUT2D eigenvalue weighted by atomic mass is 19.4. The number of halogens is 6. The highest BCUT2D eigenvalue weighted by Crippen LogP contribution is 2.43. The molecule has 0 N–H and O–H groups in total. The maximum atomic E-state index is 12.2. The van der Waals surface area contributed by atoms with Crippen LogP contribution >= 0.6 is 0 Å². The lowest BCUT2D eigenvalue weighted by atomic mass is 9.91. The molecule has 0 saturated carbocycles. The second-order valence-electron chi connectivity index (χ2n) is 4.12. The number of rotatable bonds is 5. The Kier molecular flexibility index (Phi) is 5.62. The van der Waals surface area contributed by atoms with Crippen molar-refractivity contribution >= 4 is 0 Å². The van der Waals surface area contributed by atoms with Gasteiger partial charge in [0, 0.05) is 0 Å². The lowest BCUT2D eigenvalue weighted by Crippen LogP contribution is -2.37. The van der Waals surface area contributed by atoms with Gasteiger partial charge in [0.05, 0.1) is 0 Å². The molecule has 1 unspecified atom stereocenters. The fourth-order valence-corrected chi connectivity index (χ4v) is 1.53. The van der Waals surface area contributed by atoms with Crippen LogP contribution in [0.25, 0.3) is 0 Å². The molecule has 0 aliphatic carbocycles. The Balaban J connectivity index is 4.45. The molecular weight excluding hydrogens is 234 g/mol. The Morgan fingerprint density at radius 1 is 0.938 bits per heavy atom. The fourth-order valence-electron chi connectivity index (χ4n) is 1.53. The van der Waals surface area contributed by atoms with Crippen molar-refractivity contribution in [3.8, 4) is 0 Å². The van der Waals surface area contributed by atoms with Crippen LogP contribution in [0.4, 0.5) is 26.3 Å². The van der Waals surface area contributed by atoms with Gasteiger partial charge < -0.3 is 0 Å². The van der Waals surface area contributed by atoms with E-state index in [9.17, 15) is 26.3 Å². The molecule has 0 bridgehead atoms. The minimum absolute atomic E-state index is 0.402. The lowest BCUT2D eigenvalue weighted by Gasteiger charge is -2.25. The SMILES string of the molecule is CCCCC(C)CC(C(F)(F)F)C(F)(F)F. The average Bonchev–Trinajstić information content (AvgIpc) is 2.07. The van der Waals surface area contributed by atoms with Crippen LogP contribution in [0.3, 0.4) is 0 Å². The summed E-state index contributed by atoms with van der Waals surface area (Å²) >= 11 is 0. The first-order valence-electron chi connectivity index (χ1n) is 5.22. The van der Waals surface area contributed by atoms with Crippen LogP contribution in [-0.2, 0) is 0 Å². The van der Waals surface area contributed by atoms with E-state index in [4.69, 9.17) is 0 Å². The van der Waals surface area contributed by atoms with Crippen molar-refractivity contribution in [1.82, 2.24) is 0 Å². The summed E-state index contributed by atoms with van der Waals surface area (Å²) in [5, 5.41) is 0. The van der Waals surface area contributed by atoms with Gasteiger partial charge in [0.1, 0.15) is 0 Å². The first-order chi connectivity index (χ1) is 7.09. The smallest absolute Gasteiger partial charge is 0.170 e. The molecule has 98 valence electrons. The summed E-state index contributed by atoms with van der Waals surface area (Å²) < 4.78 is 73.1. The minimum atomic E-state index is -5.20. The Bertz CT molecular complexity index is 178. The monoisotopic (exact) mass is 250 g/mol. The molecule has 0 fully saturated rings. The van der Waals surface area contributed by atoms with Gasteiger partial charge in [-0.25, -0.2) is 0 Å². The highest BCUT2D eigenvalue weighted by Gasteiger charge is 2.56. The maximum Gasteiger partial charge on any atom is 0.400 e. The van der Waals surface area contributed by atoms with Gasteiger partial charge in [0.15, 0.2) is 5.92 Å². The van der Waals surface area contributed by atoms with Crippen LogP contribution < -0.4 is 0 Å². The molecule has 0 rings (SSSR count). The van der Waals surface area contributed by atoms with Gasteiger partial charge in [-0.05, 0) is 12.3 Å². The van der Waals surface area contributed by atoms with Crippen LogP contribution in [0.1, 0.15) is 39.5 Å². The molecule has 1 atom stereocenters. The van der Waals surface area contributed by atoms with Gasteiger partial charge in [0.2, 0.25) is 0 Å². The van der Waals surface area contributed by atoms with Crippen LogP contribution in [0.5, 0.6) is 0 Å². The second kappa shape index (κ2) is 5.77. The molecule has 0 radical (unpaired) electrons. The normalized spacial score (nSPS) is 15.6. The van der Waals surface area contributed by atoms with E-state index in [0.29, 0.717) is 12.8 Å². The molecule has 6 heteroatoms. The topological polar surface area (TPSA) is 0 Å². The van der Waals surface area contributed by atoms with Gasteiger partial charge in [-0.15, -0.1) is 0 Å². The molecule has 16 heavy (non-hydrogen) atoms. The van der Waals surface area contributed by atoms with Gasteiger partial charge in [0.25, 0.3) is 0 Å². The highest BCUT2D eigenvalue weighted by molar-refractivity contribution is 4.77. The van der Waals surface area contributed by atoms with E-state index in [0.717, 1.165) is 6.42 Å². The van der Waals surface area contributed by atoms with Gasteiger partial charge in [-0.2, -0.15) is 26.3 Å². The van der Waals surface area contributed by atoms with Crippen LogP contribution in [0, 0.1) is 11.8 Å². The predicted octanol–water partition coefficient (Wildman–Crippen LogP) is 4.94. The number of hydrogen-bond acceptors (Lipinski definition) is 0. The molecule has 0 spiro atoms.